The van der Waals surface area contributed by atoms with Crippen molar-refractivity contribution in [2.45, 2.75) is 39.2 Å². The van der Waals surface area contributed by atoms with Crippen LogP contribution < -0.4 is 5.32 Å². The van der Waals surface area contributed by atoms with Gasteiger partial charge in [0.2, 0.25) is 5.91 Å². The van der Waals surface area contributed by atoms with Gasteiger partial charge in [-0.2, -0.15) is 5.10 Å². The average Bonchev–Trinajstić information content (AvgIpc) is 2.97. The van der Waals surface area contributed by atoms with Crippen molar-refractivity contribution in [1.29, 1.82) is 0 Å². The third-order valence-electron chi connectivity index (χ3n) is 3.76. The van der Waals surface area contributed by atoms with Crippen molar-refractivity contribution < 1.29 is 14.7 Å². The summed E-state index contributed by atoms with van der Waals surface area (Å²) in [5.74, 6) is -1.16. The topological polar surface area (TPSA) is 84.2 Å². The number of carbonyl (C=O) groups is 2. The minimum Gasteiger partial charge on any atom is -0.479 e. The molecule has 0 radical (unpaired) electrons. The number of hydrogen-bond donors (Lipinski definition) is 2. The minimum atomic E-state index is -1.17. The lowest BCUT2D eigenvalue weighted by molar-refractivity contribution is -0.146. The van der Waals surface area contributed by atoms with Gasteiger partial charge in [-0.1, -0.05) is 31.2 Å². The van der Waals surface area contributed by atoms with E-state index in [1.807, 2.05) is 24.3 Å². The van der Waals surface area contributed by atoms with E-state index in [1.165, 1.54) is 22.6 Å². The summed E-state index contributed by atoms with van der Waals surface area (Å²) in [6, 6.07) is 7.90. The Morgan fingerprint density at radius 1 is 1.22 bits per heavy atom. The fourth-order valence-electron chi connectivity index (χ4n) is 2.07. The van der Waals surface area contributed by atoms with Gasteiger partial charge in [-0.3, -0.25) is 9.48 Å². The van der Waals surface area contributed by atoms with Crippen molar-refractivity contribution >= 4 is 17.6 Å². The molecular weight excluding hydrogens is 294 g/mol. The highest BCUT2D eigenvalue weighted by Gasteiger charge is 2.30. The van der Waals surface area contributed by atoms with Gasteiger partial charge in [-0.15, -0.1) is 0 Å². The van der Waals surface area contributed by atoms with Crippen LogP contribution in [-0.4, -0.2) is 26.8 Å². The van der Waals surface area contributed by atoms with E-state index in [-0.39, 0.29) is 12.3 Å². The molecule has 0 aliphatic rings. The number of hydrogen-bond acceptors (Lipinski definition) is 3. The average molecular weight is 315 g/mol. The normalized spacial score (nSPS) is 11.3. The molecule has 0 fully saturated rings. The first-order chi connectivity index (χ1) is 10.8. The Hall–Kier alpha value is -2.63. The van der Waals surface area contributed by atoms with Crippen LogP contribution in [0.25, 0.3) is 0 Å². The third-order valence-corrected chi connectivity index (χ3v) is 3.76. The molecule has 122 valence electrons. The summed E-state index contributed by atoms with van der Waals surface area (Å²) in [7, 11) is 0. The van der Waals surface area contributed by atoms with Gasteiger partial charge in [0.25, 0.3) is 0 Å². The zero-order valence-electron chi connectivity index (χ0n) is 13.5. The number of anilines is 1. The van der Waals surface area contributed by atoms with Gasteiger partial charge in [-0.25, -0.2) is 4.79 Å². The molecule has 2 N–H and O–H groups in total. The Kier molecular flexibility index (Phi) is 4.83. The van der Waals surface area contributed by atoms with E-state index in [0.29, 0.717) is 5.69 Å². The van der Waals surface area contributed by atoms with E-state index >= 15 is 0 Å². The smallest absolute Gasteiger partial charge is 0.331 e. The number of aliphatic carboxylic acids is 1. The molecule has 1 heterocycles. The second-order valence-corrected chi connectivity index (χ2v) is 5.93. The highest BCUT2D eigenvalue weighted by atomic mass is 16.4. The molecule has 6 heteroatoms. The van der Waals surface area contributed by atoms with Gasteiger partial charge in [0.15, 0.2) is 5.54 Å². The molecule has 6 nitrogen and oxygen atoms in total. The molecule has 0 atom stereocenters. The van der Waals surface area contributed by atoms with Gasteiger partial charge in [-0.05, 0) is 31.4 Å². The third kappa shape index (κ3) is 3.97. The van der Waals surface area contributed by atoms with Crippen LogP contribution >= 0.6 is 0 Å². The van der Waals surface area contributed by atoms with Crippen molar-refractivity contribution in [2.75, 3.05) is 5.32 Å². The van der Waals surface area contributed by atoms with Crippen LogP contribution in [0.15, 0.2) is 36.7 Å². The monoisotopic (exact) mass is 315 g/mol. The minimum absolute atomic E-state index is 0.165. The summed E-state index contributed by atoms with van der Waals surface area (Å²) in [5.41, 5.74) is 1.47. The number of rotatable bonds is 6. The van der Waals surface area contributed by atoms with Crippen LogP contribution in [0.2, 0.25) is 0 Å². The number of nitrogens with zero attached hydrogens (tertiary/aromatic N) is 2. The molecule has 0 aliphatic heterocycles. The number of nitrogens with one attached hydrogen (secondary N) is 1. The second-order valence-electron chi connectivity index (χ2n) is 5.93. The molecule has 0 saturated carbocycles. The molecular formula is C17H21N3O3. The molecule has 23 heavy (non-hydrogen) atoms. The number of benzene rings is 1. The van der Waals surface area contributed by atoms with Gasteiger partial charge in [0, 0.05) is 6.20 Å². The molecule has 2 rings (SSSR count). The predicted octanol–water partition coefficient (Wildman–Crippen LogP) is 2.45. The molecule has 0 aliphatic carbocycles. The van der Waals surface area contributed by atoms with Gasteiger partial charge < -0.3 is 10.4 Å². The fraction of sp³-hybridized carbons (Fsp3) is 0.353. The number of aromatic nitrogens is 2. The van der Waals surface area contributed by atoms with Crippen LogP contribution in [0, 0.1) is 0 Å². The zero-order chi connectivity index (χ0) is 17.0. The first-order valence-corrected chi connectivity index (χ1v) is 7.49. The quantitative estimate of drug-likeness (QED) is 0.857. The van der Waals surface area contributed by atoms with Gasteiger partial charge >= 0.3 is 5.97 Å². The Balaban J connectivity index is 2.00. The maximum Gasteiger partial charge on any atom is 0.331 e. The Labute approximate surface area is 135 Å². The maximum atomic E-state index is 12.1. The summed E-state index contributed by atoms with van der Waals surface area (Å²) in [4.78, 5) is 23.3. The van der Waals surface area contributed by atoms with Crippen molar-refractivity contribution in [3.05, 3.63) is 47.8 Å². The first kappa shape index (κ1) is 16.7. The lowest BCUT2D eigenvalue weighted by Gasteiger charge is -2.19. The van der Waals surface area contributed by atoms with Crippen LogP contribution in [0.4, 0.5) is 5.69 Å². The summed E-state index contributed by atoms with van der Waals surface area (Å²) in [5, 5.41) is 15.9. The number of aryl methyl sites for hydroxylation is 1. The number of carboxylic acids is 1. The molecule has 0 spiro atoms. The molecule has 0 bridgehead atoms. The van der Waals surface area contributed by atoms with Crippen LogP contribution in [0.1, 0.15) is 31.9 Å². The van der Waals surface area contributed by atoms with E-state index in [4.69, 9.17) is 0 Å². The largest absolute Gasteiger partial charge is 0.479 e. The molecule has 1 aromatic heterocycles. The van der Waals surface area contributed by atoms with Crippen LogP contribution in [-0.2, 0) is 28.0 Å². The molecule has 2 aromatic rings. The highest BCUT2D eigenvalue weighted by Crippen LogP contribution is 2.17. The molecule has 1 amide bonds. The first-order valence-electron chi connectivity index (χ1n) is 7.49. The summed E-state index contributed by atoms with van der Waals surface area (Å²) >= 11 is 0. The van der Waals surface area contributed by atoms with E-state index < -0.39 is 11.5 Å². The standard InChI is InChI=1S/C17H21N3O3/c1-4-12-5-7-13(8-6-12)9-15(21)19-14-10-18-20(11-14)17(2,3)16(22)23/h5-8,10-11H,4,9H2,1-3H3,(H,19,21)(H,22,23). The lowest BCUT2D eigenvalue weighted by Crippen LogP contribution is -2.35. The summed E-state index contributed by atoms with van der Waals surface area (Å²) < 4.78 is 1.32. The van der Waals surface area contributed by atoms with Crippen molar-refractivity contribution in [1.82, 2.24) is 9.78 Å². The predicted molar refractivity (Wildman–Crippen MR) is 87.3 cm³/mol. The molecule has 1 aromatic carbocycles. The maximum absolute atomic E-state index is 12.1. The Morgan fingerprint density at radius 3 is 2.39 bits per heavy atom. The van der Waals surface area contributed by atoms with Gasteiger partial charge in [0.1, 0.15) is 0 Å². The highest BCUT2D eigenvalue weighted by molar-refractivity contribution is 5.92. The zero-order valence-corrected chi connectivity index (χ0v) is 13.5. The van der Waals surface area contributed by atoms with E-state index in [0.717, 1.165) is 12.0 Å². The van der Waals surface area contributed by atoms with Gasteiger partial charge in [0.05, 0.1) is 18.3 Å². The van der Waals surface area contributed by atoms with Crippen molar-refractivity contribution in [3.8, 4) is 0 Å². The number of carboxylic acid groups (broad SMARTS) is 1. The molecule has 0 saturated heterocycles. The van der Waals surface area contributed by atoms with E-state index in [1.54, 1.807) is 13.8 Å². The van der Waals surface area contributed by atoms with E-state index in [9.17, 15) is 14.7 Å². The van der Waals surface area contributed by atoms with Crippen molar-refractivity contribution in [2.24, 2.45) is 0 Å². The lowest BCUT2D eigenvalue weighted by atomic mass is 10.1. The summed E-state index contributed by atoms with van der Waals surface area (Å²) in [6.45, 7) is 5.17. The van der Waals surface area contributed by atoms with E-state index in [2.05, 4.69) is 17.3 Å². The van der Waals surface area contributed by atoms with Crippen molar-refractivity contribution in [3.63, 3.8) is 0 Å². The second kappa shape index (κ2) is 6.64. The Bertz CT molecular complexity index is 702. The Morgan fingerprint density at radius 2 is 1.83 bits per heavy atom. The number of amides is 1. The fourth-order valence-corrected chi connectivity index (χ4v) is 2.07. The molecule has 0 unspecified atom stereocenters. The SMILES string of the molecule is CCc1ccc(CC(=O)Nc2cnn(C(C)(C)C(=O)O)c2)cc1. The number of carbonyl (C=O) groups excluding carboxylic acids is 1. The van der Waals surface area contributed by atoms with Crippen LogP contribution in [0.3, 0.4) is 0 Å². The van der Waals surface area contributed by atoms with Crippen LogP contribution in [0.5, 0.6) is 0 Å². The summed E-state index contributed by atoms with van der Waals surface area (Å²) in [6.07, 6.45) is 4.19.